The summed E-state index contributed by atoms with van der Waals surface area (Å²) < 4.78 is 22.3. The first-order valence-electron chi connectivity index (χ1n) is 9.56. The largest absolute Gasteiger partial charge is 0.494 e. The molecule has 0 spiro atoms. The van der Waals surface area contributed by atoms with Crippen molar-refractivity contribution in [3.63, 3.8) is 0 Å². The molecule has 6 nitrogen and oxygen atoms in total. The van der Waals surface area contributed by atoms with E-state index in [2.05, 4.69) is 10.2 Å². The summed E-state index contributed by atoms with van der Waals surface area (Å²) in [6.07, 6.45) is 3.33. The van der Waals surface area contributed by atoms with Gasteiger partial charge >= 0.3 is 0 Å². The fourth-order valence-electron chi connectivity index (χ4n) is 2.54. The Morgan fingerprint density at radius 2 is 0.821 bits per heavy atom. The van der Waals surface area contributed by atoms with Crippen LogP contribution in [0.4, 0.5) is 0 Å². The second kappa shape index (κ2) is 11.6. The quantitative estimate of drug-likeness (QED) is 0.415. The van der Waals surface area contributed by atoms with E-state index in [1.165, 1.54) is 0 Å². The third-order valence-electron chi connectivity index (χ3n) is 3.53. The second-order valence-electron chi connectivity index (χ2n) is 5.70. The Hall–Kier alpha value is -3.02. The van der Waals surface area contributed by atoms with Crippen LogP contribution in [-0.4, -0.2) is 38.9 Å². The minimum absolute atomic E-state index is 0.586. The molecule has 0 heterocycles. The molecule has 0 aliphatic carbocycles. The van der Waals surface area contributed by atoms with E-state index in [1.54, 1.807) is 12.4 Å². The van der Waals surface area contributed by atoms with E-state index >= 15 is 0 Å². The van der Waals surface area contributed by atoms with Crippen LogP contribution in [0.5, 0.6) is 23.0 Å². The highest BCUT2D eigenvalue weighted by Crippen LogP contribution is 2.23. The maximum atomic E-state index is 5.57. The highest BCUT2D eigenvalue weighted by Gasteiger charge is 2.02. The Kier molecular flexibility index (Phi) is 8.85. The number of hydrogen-bond acceptors (Lipinski definition) is 6. The van der Waals surface area contributed by atoms with Crippen LogP contribution in [0, 0.1) is 0 Å². The molecule has 0 saturated carbocycles. The molecule has 0 atom stereocenters. The predicted molar refractivity (Wildman–Crippen MR) is 113 cm³/mol. The van der Waals surface area contributed by atoms with Gasteiger partial charge in [0.2, 0.25) is 0 Å². The molecule has 0 saturated heterocycles. The summed E-state index contributed by atoms with van der Waals surface area (Å²) in [5, 5.41) is 8.28. The van der Waals surface area contributed by atoms with E-state index < -0.39 is 0 Å². The van der Waals surface area contributed by atoms with Crippen molar-refractivity contribution in [2.45, 2.75) is 27.7 Å². The number of rotatable bonds is 11. The summed E-state index contributed by atoms with van der Waals surface area (Å²) >= 11 is 0. The van der Waals surface area contributed by atoms with Gasteiger partial charge in [0.05, 0.1) is 38.9 Å². The SMILES string of the molecule is CCOc1cc(C=NN=Cc2cc(OCC)cc(OCC)c2)cc(OCC)c1. The summed E-state index contributed by atoms with van der Waals surface area (Å²) in [6.45, 7) is 10.1. The zero-order valence-electron chi connectivity index (χ0n) is 17.0. The van der Waals surface area contributed by atoms with Gasteiger partial charge in [-0.05, 0) is 52.0 Å². The summed E-state index contributed by atoms with van der Waals surface area (Å²) in [7, 11) is 0. The highest BCUT2D eigenvalue weighted by molar-refractivity contribution is 5.84. The van der Waals surface area contributed by atoms with Crippen molar-refractivity contribution in [1.29, 1.82) is 0 Å². The Morgan fingerprint density at radius 3 is 1.07 bits per heavy atom. The highest BCUT2D eigenvalue weighted by atomic mass is 16.5. The molecule has 0 aromatic heterocycles. The average molecular weight is 384 g/mol. The van der Waals surface area contributed by atoms with Crippen LogP contribution in [0.25, 0.3) is 0 Å². The molecule has 2 aromatic rings. The Balaban J connectivity index is 2.16. The van der Waals surface area contributed by atoms with Crippen molar-refractivity contribution in [1.82, 2.24) is 0 Å². The third kappa shape index (κ3) is 6.95. The Bertz CT molecular complexity index is 687. The van der Waals surface area contributed by atoms with Crippen molar-refractivity contribution in [3.8, 4) is 23.0 Å². The van der Waals surface area contributed by atoms with Gasteiger partial charge in [0.25, 0.3) is 0 Å². The van der Waals surface area contributed by atoms with Gasteiger partial charge in [-0.25, -0.2) is 0 Å². The van der Waals surface area contributed by atoms with Crippen LogP contribution in [-0.2, 0) is 0 Å². The van der Waals surface area contributed by atoms with Crippen LogP contribution in [0.15, 0.2) is 46.6 Å². The Labute approximate surface area is 166 Å². The first-order chi connectivity index (χ1) is 13.7. The van der Waals surface area contributed by atoms with Crippen molar-refractivity contribution < 1.29 is 18.9 Å². The summed E-state index contributed by atoms with van der Waals surface area (Å²) in [6, 6.07) is 11.3. The second-order valence-corrected chi connectivity index (χ2v) is 5.70. The third-order valence-corrected chi connectivity index (χ3v) is 3.53. The Morgan fingerprint density at radius 1 is 0.536 bits per heavy atom. The lowest BCUT2D eigenvalue weighted by atomic mass is 10.2. The molecule has 150 valence electrons. The van der Waals surface area contributed by atoms with Crippen LogP contribution < -0.4 is 18.9 Å². The van der Waals surface area contributed by atoms with Crippen molar-refractivity contribution in [3.05, 3.63) is 47.5 Å². The van der Waals surface area contributed by atoms with Crippen LogP contribution in [0.3, 0.4) is 0 Å². The normalized spacial score (nSPS) is 11.1. The van der Waals surface area contributed by atoms with Gasteiger partial charge in [-0.15, -0.1) is 0 Å². The molecule has 0 radical (unpaired) electrons. The molecule has 0 unspecified atom stereocenters. The van der Waals surface area contributed by atoms with E-state index in [0.717, 1.165) is 34.1 Å². The molecular weight excluding hydrogens is 356 g/mol. The van der Waals surface area contributed by atoms with Gasteiger partial charge in [-0.3, -0.25) is 0 Å². The summed E-state index contributed by atoms with van der Waals surface area (Å²) in [5.74, 6) is 2.96. The maximum Gasteiger partial charge on any atom is 0.123 e. The van der Waals surface area contributed by atoms with Gasteiger partial charge in [0.1, 0.15) is 23.0 Å². The maximum absolute atomic E-state index is 5.57. The van der Waals surface area contributed by atoms with Crippen molar-refractivity contribution in [2.75, 3.05) is 26.4 Å². The molecule has 0 aliphatic heterocycles. The van der Waals surface area contributed by atoms with E-state index in [1.807, 2.05) is 64.1 Å². The predicted octanol–water partition coefficient (Wildman–Crippen LogP) is 4.73. The summed E-state index contributed by atoms with van der Waals surface area (Å²) in [4.78, 5) is 0. The van der Waals surface area contributed by atoms with Gasteiger partial charge in [-0.2, -0.15) is 10.2 Å². The number of nitrogens with zero attached hydrogens (tertiary/aromatic N) is 2. The van der Waals surface area contributed by atoms with Crippen molar-refractivity contribution >= 4 is 12.4 Å². The minimum atomic E-state index is 0.586. The van der Waals surface area contributed by atoms with E-state index in [0.29, 0.717) is 26.4 Å². The molecule has 6 heteroatoms. The zero-order chi connectivity index (χ0) is 20.2. The van der Waals surface area contributed by atoms with Gasteiger partial charge in [0.15, 0.2) is 0 Å². The molecule has 0 fully saturated rings. The number of hydrogen-bond donors (Lipinski definition) is 0. The molecule has 28 heavy (non-hydrogen) atoms. The molecule has 0 N–H and O–H groups in total. The zero-order valence-corrected chi connectivity index (χ0v) is 17.0. The average Bonchev–Trinajstić information content (AvgIpc) is 2.66. The van der Waals surface area contributed by atoms with E-state index in [9.17, 15) is 0 Å². The molecule has 0 aliphatic rings. The van der Waals surface area contributed by atoms with Gasteiger partial charge < -0.3 is 18.9 Å². The molecule has 2 aromatic carbocycles. The van der Waals surface area contributed by atoms with Crippen molar-refractivity contribution in [2.24, 2.45) is 10.2 Å². The molecule has 0 amide bonds. The van der Waals surface area contributed by atoms with Crippen LogP contribution in [0.1, 0.15) is 38.8 Å². The van der Waals surface area contributed by atoms with Gasteiger partial charge in [0, 0.05) is 23.3 Å². The van der Waals surface area contributed by atoms with E-state index in [-0.39, 0.29) is 0 Å². The minimum Gasteiger partial charge on any atom is -0.494 e. The lowest BCUT2D eigenvalue weighted by Crippen LogP contribution is -1.97. The number of ether oxygens (including phenoxy) is 4. The van der Waals surface area contributed by atoms with Crippen LogP contribution in [0.2, 0.25) is 0 Å². The topological polar surface area (TPSA) is 61.6 Å². The standard InChI is InChI=1S/C22H28N2O4/c1-5-25-19-9-17(10-20(13-19)26-6-2)15-23-24-16-18-11-21(27-7-3)14-22(12-18)28-8-4/h9-16H,5-8H2,1-4H3. The molecular formula is C22H28N2O4. The first kappa shape index (κ1) is 21.3. The smallest absolute Gasteiger partial charge is 0.123 e. The number of benzene rings is 2. The van der Waals surface area contributed by atoms with Gasteiger partial charge in [-0.1, -0.05) is 0 Å². The lowest BCUT2D eigenvalue weighted by molar-refractivity contribution is 0.322. The monoisotopic (exact) mass is 384 g/mol. The lowest BCUT2D eigenvalue weighted by Gasteiger charge is -2.08. The molecule has 2 rings (SSSR count). The fourth-order valence-corrected chi connectivity index (χ4v) is 2.54. The summed E-state index contributed by atoms with van der Waals surface area (Å²) in [5.41, 5.74) is 1.70. The van der Waals surface area contributed by atoms with Crippen LogP contribution >= 0.6 is 0 Å². The fraction of sp³-hybridized carbons (Fsp3) is 0.364. The van der Waals surface area contributed by atoms with E-state index in [4.69, 9.17) is 18.9 Å². The first-order valence-corrected chi connectivity index (χ1v) is 9.56. The molecule has 0 bridgehead atoms.